The van der Waals surface area contributed by atoms with Gasteiger partial charge in [-0.3, -0.25) is 4.90 Å². The van der Waals surface area contributed by atoms with E-state index in [1.165, 1.54) is 36.3 Å². The molecule has 2 rings (SSSR count). The van der Waals surface area contributed by atoms with Crippen LogP contribution in [0.5, 0.6) is 0 Å². The van der Waals surface area contributed by atoms with E-state index >= 15 is 0 Å². The summed E-state index contributed by atoms with van der Waals surface area (Å²) < 4.78 is 0. The fourth-order valence-electron chi connectivity index (χ4n) is 2.86. The summed E-state index contributed by atoms with van der Waals surface area (Å²) in [5, 5.41) is 0. The molecule has 1 aliphatic rings. The topological polar surface area (TPSA) is 32.5 Å². The molecule has 1 atom stereocenters. The number of benzene rings is 1. The Labute approximate surface area is 117 Å². The largest absolute Gasteiger partial charge is 0.369 e. The molecule has 1 fully saturated rings. The molecule has 1 unspecified atom stereocenters. The second-order valence-electron chi connectivity index (χ2n) is 5.61. The van der Waals surface area contributed by atoms with Crippen molar-refractivity contribution >= 4 is 5.69 Å². The SMILES string of the molecule is CCC(C)N1CCN(c2ccc(CN)cc2C)CC1. The third-order valence-electron chi connectivity index (χ3n) is 4.37. The van der Waals surface area contributed by atoms with Gasteiger partial charge in [-0.05, 0) is 37.5 Å². The normalized spacial score (nSPS) is 18.6. The molecule has 0 aromatic heterocycles. The Morgan fingerprint density at radius 2 is 1.89 bits per heavy atom. The first-order valence-electron chi connectivity index (χ1n) is 7.44. The van der Waals surface area contributed by atoms with Crippen molar-refractivity contribution in [3.63, 3.8) is 0 Å². The number of nitrogens with zero attached hydrogens (tertiary/aromatic N) is 2. The molecule has 0 bridgehead atoms. The Kier molecular flexibility index (Phi) is 4.83. The molecule has 3 nitrogen and oxygen atoms in total. The van der Waals surface area contributed by atoms with Crippen LogP contribution in [0.15, 0.2) is 18.2 Å². The van der Waals surface area contributed by atoms with Crippen LogP contribution < -0.4 is 10.6 Å². The lowest BCUT2D eigenvalue weighted by Crippen LogP contribution is -2.49. The Morgan fingerprint density at radius 1 is 1.21 bits per heavy atom. The van der Waals surface area contributed by atoms with Crippen LogP contribution in [0.25, 0.3) is 0 Å². The fourth-order valence-corrected chi connectivity index (χ4v) is 2.86. The molecule has 0 radical (unpaired) electrons. The molecule has 0 spiro atoms. The lowest BCUT2D eigenvalue weighted by molar-refractivity contribution is 0.193. The first-order valence-corrected chi connectivity index (χ1v) is 7.44. The molecule has 3 heteroatoms. The standard InChI is InChI=1S/C16H27N3/c1-4-14(3)18-7-9-19(10-8-18)16-6-5-15(12-17)11-13(16)2/h5-6,11,14H,4,7-10,12,17H2,1-3H3. The highest BCUT2D eigenvalue weighted by atomic mass is 15.3. The highest BCUT2D eigenvalue weighted by Crippen LogP contribution is 2.23. The Morgan fingerprint density at radius 3 is 2.42 bits per heavy atom. The minimum absolute atomic E-state index is 0.628. The smallest absolute Gasteiger partial charge is 0.0397 e. The average Bonchev–Trinajstić information content (AvgIpc) is 2.46. The van der Waals surface area contributed by atoms with Crippen molar-refractivity contribution in [2.24, 2.45) is 5.73 Å². The summed E-state index contributed by atoms with van der Waals surface area (Å²) in [5.74, 6) is 0. The summed E-state index contributed by atoms with van der Waals surface area (Å²) >= 11 is 0. The number of aryl methyl sites for hydroxylation is 1. The zero-order valence-corrected chi connectivity index (χ0v) is 12.5. The van der Waals surface area contributed by atoms with Crippen molar-refractivity contribution in [1.29, 1.82) is 0 Å². The molecule has 1 aromatic carbocycles. The molecule has 1 aromatic rings. The number of nitrogens with two attached hydrogens (primary N) is 1. The molecule has 0 saturated carbocycles. The van der Waals surface area contributed by atoms with E-state index in [9.17, 15) is 0 Å². The monoisotopic (exact) mass is 261 g/mol. The van der Waals surface area contributed by atoms with Gasteiger partial charge in [-0.2, -0.15) is 0 Å². The molecule has 2 N–H and O–H groups in total. The maximum atomic E-state index is 5.69. The van der Waals surface area contributed by atoms with Crippen LogP contribution in [-0.4, -0.2) is 37.1 Å². The van der Waals surface area contributed by atoms with Crippen molar-refractivity contribution in [3.05, 3.63) is 29.3 Å². The molecule has 1 saturated heterocycles. The Balaban J connectivity index is 2.01. The molecule has 0 aliphatic carbocycles. The summed E-state index contributed by atoms with van der Waals surface area (Å²) in [5.41, 5.74) is 9.64. The van der Waals surface area contributed by atoms with Crippen molar-refractivity contribution in [2.45, 2.75) is 39.8 Å². The minimum atomic E-state index is 0.628. The highest BCUT2D eigenvalue weighted by molar-refractivity contribution is 5.54. The van der Waals surface area contributed by atoms with Gasteiger partial charge in [-0.15, -0.1) is 0 Å². The predicted octanol–water partition coefficient (Wildman–Crippen LogP) is 2.37. The van der Waals surface area contributed by atoms with Gasteiger partial charge in [0.1, 0.15) is 0 Å². The Bertz CT molecular complexity index is 408. The second-order valence-corrected chi connectivity index (χ2v) is 5.61. The van der Waals surface area contributed by atoms with Crippen LogP contribution >= 0.6 is 0 Å². The zero-order chi connectivity index (χ0) is 13.8. The average molecular weight is 261 g/mol. The first-order chi connectivity index (χ1) is 9.15. The third kappa shape index (κ3) is 3.28. The van der Waals surface area contributed by atoms with E-state index in [-0.39, 0.29) is 0 Å². The number of hydrogen-bond acceptors (Lipinski definition) is 3. The maximum absolute atomic E-state index is 5.69. The van der Waals surface area contributed by atoms with Gasteiger partial charge in [0.2, 0.25) is 0 Å². The van der Waals surface area contributed by atoms with Gasteiger partial charge >= 0.3 is 0 Å². The Hall–Kier alpha value is -1.06. The van der Waals surface area contributed by atoms with Crippen molar-refractivity contribution < 1.29 is 0 Å². The van der Waals surface area contributed by atoms with E-state index < -0.39 is 0 Å². The molecule has 19 heavy (non-hydrogen) atoms. The van der Waals surface area contributed by atoms with Gasteiger partial charge in [0.15, 0.2) is 0 Å². The molecule has 1 aliphatic heterocycles. The van der Waals surface area contributed by atoms with E-state index in [4.69, 9.17) is 5.73 Å². The summed E-state index contributed by atoms with van der Waals surface area (Å²) in [6.07, 6.45) is 1.24. The van der Waals surface area contributed by atoms with Gasteiger partial charge in [0.25, 0.3) is 0 Å². The maximum Gasteiger partial charge on any atom is 0.0397 e. The third-order valence-corrected chi connectivity index (χ3v) is 4.37. The summed E-state index contributed by atoms with van der Waals surface area (Å²) in [6, 6.07) is 7.32. The van der Waals surface area contributed by atoms with Gasteiger partial charge in [-0.25, -0.2) is 0 Å². The van der Waals surface area contributed by atoms with Crippen LogP contribution in [0.3, 0.4) is 0 Å². The minimum Gasteiger partial charge on any atom is -0.369 e. The highest BCUT2D eigenvalue weighted by Gasteiger charge is 2.20. The number of hydrogen-bond donors (Lipinski definition) is 1. The zero-order valence-electron chi connectivity index (χ0n) is 12.5. The number of rotatable bonds is 4. The van der Waals surface area contributed by atoms with Crippen LogP contribution in [0.1, 0.15) is 31.4 Å². The van der Waals surface area contributed by atoms with Gasteiger partial charge in [0.05, 0.1) is 0 Å². The van der Waals surface area contributed by atoms with Crippen LogP contribution in [-0.2, 0) is 6.54 Å². The van der Waals surface area contributed by atoms with Gasteiger partial charge in [0, 0.05) is 44.5 Å². The van der Waals surface area contributed by atoms with Gasteiger partial charge in [-0.1, -0.05) is 19.1 Å². The van der Waals surface area contributed by atoms with Crippen molar-refractivity contribution in [1.82, 2.24) is 4.90 Å². The fraction of sp³-hybridized carbons (Fsp3) is 0.625. The lowest BCUT2D eigenvalue weighted by Gasteiger charge is -2.39. The van der Waals surface area contributed by atoms with Crippen LogP contribution in [0, 0.1) is 6.92 Å². The summed E-state index contributed by atoms with van der Waals surface area (Å²) in [7, 11) is 0. The number of piperazine rings is 1. The van der Waals surface area contributed by atoms with Gasteiger partial charge < -0.3 is 10.6 Å². The quantitative estimate of drug-likeness (QED) is 0.903. The van der Waals surface area contributed by atoms with Crippen LogP contribution in [0.4, 0.5) is 5.69 Å². The first kappa shape index (κ1) is 14.4. The van der Waals surface area contributed by atoms with E-state index in [2.05, 4.69) is 48.8 Å². The van der Waals surface area contributed by atoms with Crippen molar-refractivity contribution in [2.75, 3.05) is 31.1 Å². The van der Waals surface area contributed by atoms with E-state index in [1.807, 2.05) is 0 Å². The van der Waals surface area contributed by atoms with E-state index in [0.29, 0.717) is 12.6 Å². The molecule has 1 heterocycles. The summed E-state index contributed by atoms with van der Waals surface area (Å²) in [6.45, 7) is 12.0. The second kappa shape index (κ2) is 6.40. The predicted molar refractivity (Wildman–Crippen MR) is 82.6 cm³/mol. The molecular weight excluding hydrogens is 234 g/mol. The molecule has 106 valence electrons. The number of anilines is 1. The van der Waals surface area contributed by atoms with E-state index in [1.54, 1.807) is 0 Å². The summed E-state index contributed by atoms with van der Waals surface area (Å²) in [4.78, 5) is 5.11. The lowest BCUT2D eigenvalue weighted by atomic mass is 10.1. The van der Waals surface area contributed by atoms with E-state index in [0.717, 1.165) is 13.1 Å². The van der Waals surface area contributed by atoms with Crippen LogP contribution in [0.2, 0.25) is 0 Å². The molecule has 0 amide bonds. The van der Waals surface area contributed by atoms with Crippen molar-refractivity contribution in [3.8, 4) is 0 Å². The molecular formula is C16H27N3.